The van der Waals surface area contributed by atoms with Crippen LogP contribution in [0, 0.1) is 51.8 Å². The molecule has 0 saturated heterocycles. The molecule has 0 amide bonds. The lowest BCUT2D eigenvalue weighted by molar-refractivity contribution is -0.225. The van der Waals surface area contributed by atoms with E-state index in [9.17, 15) is 9.32 Å². The highest BCUT2D eigenvalue weighted by atomic mass is 19.3. The lowest BCUT2D eigenvalue weighted by Crippen LogP contribution is -2.59. The molecular formula is C28H43FO3. The molecule has 5 aliphatic rings. The van der Waals surface area contributed by atoms with Gasteiger partial charge in [0.15, 0.2) is 0 Å². The van der Waals surface area contributed by atoms with Crippen molar-refractivity contribution in [3.05, 3.63) is 11.6 Å². The maximum absolute atomic E-state index is 13.3. The molecule has 0 N–H and O–H groups in total. The van der Waals surface area contributed by atoms with Crippen LogP contribution in [-0.4, -0.2) is 12.8 Å². The normalized spacial score (nSPS) is 50.2. The Hall–Kier alpha value is -0.900. The van der Waals surface area contributed by atoms with Crippen LogP contribution in [0.15, 0.2) is 11.6 Å². The molecule has 5 aliphatic carbocycles. The van der Waals surface area contributed by atoms with Gasteiger partial charge in [-0.2, -0.15) is 4.94 Å². The number of hydrogen-bond acceptors (Lipinski definition) is 3. The summed E-state index contributed by atoms with van der Waals surface area (Å²) in [7, 11) is 0. The zero-order valence-corrected chi connectivity index (χ0v) is 20.6. The molecule has 0 spiro atoms. The second-order valence-corrected chi connectivity index (χ2v) is 12.8. The van der Waals surface area contributed by atoms with E-state index in [1.54, 1.807) is 5.57 Å². The van der Waals surface area contributed by atoms with E-state index in [0.29, 0.717) is 22.7 Å². The third-order valence-electron chi connectivity index (χ3n) is 11.6. The highest BCUT2D eigenvalue weighted by Gasteiger charge is 2.63. The molecule has 0 aromatic carbocycles. The number of halogens is 1. The highest BCUT2D eigenvalue weighted by molar-refractivity contribution is 5.78. The van der Waals surface area contributed by atoms with Crippen LogP contribution in [0.2, 0.25) is 0 Å². The van der Waals surface area contributed by atoms with Gasteiger partial charge in [0, 0.05) is 0 Å². The standard InChI is InChI=1S/C28H43FO3/c1-18-7-5-13-26(3)21(18)11-15-27(4)22-12-16-28(25(30)31-17-32-29)14-6-8-19(2)24(28)20(22)9-10-23(26)27/h9,18-19,21-24H,5-8,10-17H2,1-4H3. The van der Waals surface area contributed by atoms with Crippen LogP contribution in [0.4, 0.5) is 4.53 Å². The first-order chi connectivity index (χ1) is 15.3. The molecule has 0 heterocycles. The Bertz CT molecular complexity index is 779. The third-order valence-corrected chi connectivity index (χ3v) is 11.6. The number of carbonyl (C=O) groups excluding carboxylic acids is 1. The lowest BCUT2D eigenvalue weighted by Gasteiger charge is -2.66. The smallest absolute Gasteiger partial charge is 0.314 e. The molecule has 3 nitrogen and oxygen atoms in total. The fourth-order valence-electron chi connectivity index (χ4n) is 10.3. The molecule has 180 valence electrons. The van der Waals surface area contributed by atoms with Gasteiger partial charge in [0.05, 0.1) is 5.41 Å². The van der Waals surface area contributed by atoms with E-state index in [4.69, 9.17) is 4.74 Å². The predicted octanol–water partition coefficient (Wildman–Crippen LogP) is 7.41. The molecule has 9 unspecified atom stereocenters. The number of esters is 1. The van der Waals surface area contributed by atoms with Crippen molar-refractivity contribution < 1.29 is 19.0 Å². The van der Waals surface area contributed by atoms with Crippen molar-refractivity contribution in [3.63, 3.8) is 0 Å². The second-order valence-electron chi connectivity index (χ2n) is 12.8. The van der Waals surface area contributed by atoms with Crippen molar-refractivity contribution in [2.45, 2.75) is 98.3 Å². The first-order valence-electron chi connectivity index (χ1n) is 13.4. The average molecular weight is 447 g/mol. The first-order valence-corrected chi connectivity index (χ1v) is 13.4. The van der Waals surface area contributed by atoms with Crippen LogP contribution in [-0.2, 0) is 14.5 Å². The van der Waals surface area contributed by atoms with Crippen LogP contribution in [0.3, 0.4) is 0 Å². The molecule has 4 saturated carbocycles. The Morgan fingerprint density at radius 1 is 1.00 bits per heavy atom. The maximum atomic E-state index is 13.3. The van der Waals surface area contributed by atoms with Crippen molar-refractivity contribution in [1.29, 1.82) is 0 Å². The van der Waals surface area contributed by atoms with Gasteiger partial charge in [-0.15, -0.1) is 0 Å². The van der Waals surface area contributed by atoms with Gasteiger partial charge in [-0.3, -0.25) is 4.79 Å². The van der Waals surface area contributed by atoms with Crippen LogP contribution in [0.25, 0.3) is 0 Å². The fraction of sp³-hybridized carbons (Fsp3) is 0.893. The molecule has 9 atom stereocenters. The molecule has 0 bridgehead atoms. The van der Waals surface area contributed by atoms with Gasteiger partial charge < -0.3 is 4.74 Å². The van der Waals surface area contributed by atoms with Gasteiger partial charge in [-0.1, -0.05) is 65.0 Å². The maximum Gasteiger partial charge on any atom is 0.314 e. The largest absolute Gasteiger partial charge is 0.435 e. The van der Waals surface area contributed by atoms with Crippen molar-refractivity contribution >= 4 is 5.97 Å². The Morgan fingerprint density at radius 3 is 2.53 bits per heavy atom. The Balaban J connectivity index is 1.51. The van der Waals surface area contributed by atoms with Crippen LogP contribution < -0.4 is 0 Å². The van der Waals surface area contributed by atoms with Crippen molar-refractivity contribution in [3.8, 4) is 0 Å². The molecular weight excluding hydrogens is 403 g/mol. The van der Waals surface area contributed by atoms with Crippen molar-refractivity contribution in [2.75, 3.05) is 6.79 Å². The van der Waals surface area contributed by atoms with E-state index >= 15 is 0 Å². The monoisotopic (exact) mass is 446 g/mol. The third kappa shape index (κ3) is 3.10. The molecule has 0 aromatic rings. The minimum Gasteiger partial charge on any atom is -0.435 e. The molecule has 0 aliphatic heterocycles. The summed E-state index contributed by atoms with van der Waals surface area (Å²) in [6.45, 7) is 9.48. The molecule has 32 heavy (non-hydrogen) atoms. The van der Waals surface area contributed by atoms with Crippen molar-refractivity contribution in [1.82, 2.24) is 0 Å². The molecule has 4 heteroatoms. The van der Waals surface area contributed by atoms with Gasteiger partial charge in [0.1, 0.15) is 0 Å². The average Bonchev–Trinajstić information content (AvgIpc) is 2.76. The van der Waals surface area contributed by atoms with Gasteiger partial charge in [-0.25, -0.2) is 0 Å². The van der Waals surface area contributed by atoms with E-state index in [1.807, 2.05) is 0 Å². The first kappa shape index (κ1) is 22.9. The minimum absolute atomic E-state index is 0.227. The Labute approximate surface area is 193 Å². The summed E-state index contributed by atoms with van der Waals surface area (Å²) in [5.41, 5.74) is 1.87. The lowest BCUT2D eigenvalue weighted by atomic mass is 9.38. The molecule has 4 fully saturated rings. The number of hydrogen-bond donors (Lipinski definition) is 0. The van der Waals surface area contributed by atoms with Crippen molar-refractivity contribution in [2.24, 2.45) is 51.8 Å². The topological polar surface area (TPSA) is 35.5 Å². The minimum atomic E-state index is -0.581. The number of fused-ring (bicyclic) bond motifs is 7. The fourth-order valence-corrected chi connectivity index (χ4v) is 10.3. The number of carbonyl (C=O) groups is 1. The van der Waals surface area contributed by atoms with E-state index in [0.717, 1.165) is 43.4 Å². The quantitative estimate of drug-likeness (QED) is 0.257. The summed E-state index contributed by atoms with van der Waals surface area (Å²) < 4.78 is 17.6. The zero-order valence-electron chi connectivity index (χ0n) is 20.6. The molecule has 0 radical (unpaired) electrons. The van der Waals surface area contributed by atoms with E-state index in [-0.39, 0.29) is 11.9 Å². The van der Waals surface area contributed by atoms with Crippen LogP contribution >= 0.6 is 0 Å². The number of allylic oxidation sites excluding steroid dienone is 2. The zero-order chi connectivity index (χ0) is 22.7. The summed E-state index contributed by atoms with van der Waals surface area (Å²) in [6.07, 6.45) is 15.7. The summed E-state index contributed by atoms with van der Waals surface area (Å²) >= 11 is 0. The van der Waals surface area contributed by atoms with Crippen LogP contribution in [0.1, 0.15) is 98.3 Å². The highest BCUT2D eigenvalue weighted by Crippen LogP contribution is 2.70. The second kappa shape index (κ2) is 8.10. The number of ether oxygens (including phenoxy) is 1. The van der Waals surface area contributed by atoms with Crippen LogP contribution in [0.5, 0.6) is 0 Å². The van der Waals surface area contributed by atoms with E-state index < -0.39 is 12.2 Å². The molecule has 5 rings (SSSR count). The van der Waals surface area contributed by atoms with Gasteiger partial charge in [0.2, 0.25) is 6.79 Å². The molecule has 0 aromatic heterocycles. The summed E-state index contributed by atoms with van der Waals surface area (Å²) in [6, 6.07) is 0. The van der Waals surface area contributed by atoms with Gasteiger partial charge in [0.25, 0.3) is 0 Å². The SMILES string of the molecule is CC1CCCC2(C(=O)OCOF)CCC3C(=CCC4C3(C)CCC3C(C)CCCC34C)C12. The summed E-state index contributed by atoms with van der Waals surface area (Å²) in [5.74, 6) is 3.55. The van der Waals surface area contributed by atoms with Gasteiger partial charge >= 0.3 is 5.97 Å². The Morgan fingerprint density at radius 2 is 1.75 bits per heavy atom. The number of rotatable bonds is 3. The summed E-state index contributed by atoms with van der Waals surface area (Å²) in [4.78, 5) is 16.9. The predicted molar refractivity (Wildman–Crippen MR) is 123 cm³/mol. The Kier molecular flexibility index (Phi) is 5.79. The van der Waals surface area contributed by atoms with E-state index in [2.05, 4.69) is 38.7 Å². The van der Waals surface area contributed by atoms with Gasteiger partial charge in [-0.05, 0) is 95.8 Å². The summed E-state index contributed by atoms with van der Waals surface area (Å²) in [5, 5.41) is 0. The van der Waals surface area contributed by atoms with E-state index in [1.165, 1.54) is 44.9 Å².